The maximum Gasteiger partial charge on any atom is 0.421 e. The molecule has 0 radical (unpaired) electrons. The third kappa shape index (κ3) is 5.01. The summed E-state index contributed by atoms with van der Waals surface area (Å²) in [5.74, 6) is -0.0875. The molecule has 3 rings (SSSR count). The minimum Gasteiger partial charge on any atom is -0.473 e. The van der Waals surface area contributed by atoms with Crippen LogP contribution in [0.5, 0.6) is 5.88 Å². The predicted octanol–water partition coefficient (Wildman–Crippen LogP) is 3.33. The van der Waals surface area contributed by atoms with Gasteiger partial charge in [-0.25, -0.2) is 0 Å². The minimum absolute atomic E-state index is 0.225. The third-order valence-corrected chi connectivity index (χ3v) is 5.01. The van der Waals surface area contributed by atoms with Gasteiger partial charge in [-0.15, -0.1) is 10.2 Å². The van der Waals surface area contributed by atoms with Gasteiger partial charge in [-0.2, -0.15) is 13.2 Å². The number of nitrogens with zero attached hydrogens (tertiary/aromatic N) is 3. The van der Waals surface area contributed by atoms with Gasteiger partial charge in [-0.1, -0.05) is 11.6 Å². The Morgan fingerprint density at radius 1 is 1.19 bits per heavy atom. The first kappa shape index (κ1) is 20.6. The van der Waals surface area contributed by atoms with E-state index in [2.05, 4.69) is 10.2 Å². The van der Waals surface area contributed by atoms with Gasteiger partial charge in [0.25, 0.3) is 0 Å². The second kappa shape index (κ2) is 7.35. The summed E-state index contributed by atoms with van der Waals surface area (Å²) >= 11 is 5.54. The van der Waals surface area contributed by atoms with Crippen molar-refractivity contribution in [1.82, 2.24) is 15.1 Å². The van der Waals surface area contributed by atoms with Crippen LogP contribution in [-0.4, -0.2) is 51.4 Å². The molecule has 27 heavy (non-hydrogen) atoms. The van der Waals surface area contributed by atoms with Crippen LogP contribution in [0.25, 0.3) is 0 Å². The number of hydrogen-bond donors (Lipinski definition) is 1. The molecule has 4 atom stereocenters. The highest BCUT2D eigenvalue weighted by atomic mass is 35.5. The Balaban J connectivity index is 1.61. The zero-order chi connectivity index (χ0) is 20.0. The Kier molecular flexibility index (Phi) is 5.60. The molecule has 1 unspecified atom stereocenters. The van der Waals surface area contributed by atoms with Gasteiger partial charge in [0.2, 0.25) is 12.3 Å². The molecular formula is C17H23ClF3N3O3. The van der Waals surface area contributed by atoms with Crippen LogP contribution >= 0.6 is 11.6 Å². The summed E-state index contributed by atoms with van der Waals surface area (Å²) in [5, 5.41) is 16.8. The second-order valence-electron chi connectivity index (χ2n) is 8.13. The van der Waals surface area contributed by atoms with Crippen LogP contribution in [-0.2, 0) is 10.9 Å². The Bertz CT molecular complexity index is 670. The molecule has 10 heteroatoms. The summed E-state index contributed by atoms with van der Waals surface area (Å²) < 4.78 is 50.6. The summed E-state index contributed by atoms with van der Waals surface area (Å²) in [5.41, 5.74) is -1.49. The fraction of sp³-hybridized carbons (Fsp3) is 0.765. The third-order valence-electron chi connectivity index (χ3n) is 4.82. The van der Waals surface area contributed by atoms with E-state index >= 15 is 0 Å². The molecule has 1 aromatic rings. The maximum atomic E-state index is 13.2. The van der Waals surface area contributed by atoms with Crippen molar-refractivity contribution in [3.63, 3.8) is 0 Å². The van der Waals surface area contributed by atoms with Crippen molar-refractivity contribution in [2.45, 2.75) is 57.9 Å². The Morgan fingerprint density at radius 3 is 2.30 bits per heavy atom. The number of halogens is 4. The number of aliphatic hydroxyl groups is 1. The number of ether oxygens (including phenoxy) is 2. The van der Waals surface area contributed by atoms with E-state index in [1.807, 2.05) is 25.7 Å². The monoisotopic (exact) mass is 409 g/mol. The van der Waals surface area contributed by atoms with E-state index in [0.717, 1.165) is 6.07 Å². The van der Waals surface area contributed by atoms with Crippen molar-refractivity contribution in [3.8, 4) is 5.88 Å². The van der Waals surface area contributed by atoms with Crippen molar-refractivity contribution in [2.75, 3.05) is 13.1 Å². The van der Waals surface area contributed by atoms with Crippen molar-refractivity contribution >= 4 is 11.6 Å². The quantitative estimate of drug-likeness (QED) is 0.769. The van der Waals surface area contributed by atoms with Crippen LogP contribution < -0.4 is 4.74 Å². The molecule has 1 saturated heterocycles. The lowest BCUT2D eigenvalue weighted by atomic mass is 10.0. The lowest BCUT2D eigenvalue weighted by molar-refractivity contribution is -0.235. The molecular weight excluding hydrogens is 387 g/mol. The molecule has 2 heterocycles. The van der Waals surface area contributed by atoms with Gasteiger partial charge in [-0.05, 0) is 51.5 Å². The van der Waals surface area contributed by atoms with E-state index in [9.17, 15) is 18.3 Å². The second-order valence-corrected chi connectivity index (χ2v) is 8.51. The number of hydrogen-bond acceptors (Lipinski definition) is 6. The highest BCUT2D eigenvalue weighted by Crippen LogP contribution is 2.42. The van der Waals surface area contributed by atoms with Crippen LogP contribution in [0.2, 0.25) is 5.15 Å². The molecule has 2 aliphatic rings. The lowest BCUT2D eigenvalue weighted by Gasteiger charge is -2.30. The van der Waals surface area contributed by atoms with Crippen molar-refractivity contribution in [1.29, 1.82) is 0 Å². The summed E-state index contributed by atoms with van der Waals surface area (Å²) in [6.07, 6.45) is -4.81. The number of fused-ring (bicyclic) bond motifs is 1. The first-order chi connectivity index (χ1) is 12.4. The molecule has 1 N–H and O–H groups in total. The fourth-order valence-corrected chi connectivity index (χ4v) is 3.90. The van der Waals surface area contributed by atoms with Gasteiger partial charge in [0, 0.05) is 13.1 Å². The highest BCUT2D eigenvalue weighted by molar-refractivity contribution is 6.29. The largest absolute Gasteiger partial charge is 0.473 e. The van der Waals surface area contributed by atoms with E-state index in [4.69, 9.17) is 21.1 Å². The van der Waals surface area contributed by atoms with Crippen LogP contribution in [0.3, 0.4) is 0 Å². The van der Waals surface area contributed by atoms with Crippen LogP contribution in [0, 0.1) is 11.8 Å². The highest BCUT2D eigenvalue weighted by Gasteiger charge is 2.45. The smallest absolute Gasteiger partial charge is 0.421 e. The molecule has 0 bridgehead atoms. The van der Waals surface area contributed by atoms with Crippen molar-refractivity contribution < 1.29 is 27.8 Å². The van der Waals surface area contributed by atoms with Crippen molar-refractivity contribution in [3.05, 3.63) is 16.8 Å². The van der Waals surface area contributed by atoms with Gasteiger partial charge < -0.3 is 14.6 Å². The minimum atomic E-state index is -4.62. The molecule has 0 spiro atoms. The Labute approximate surface area is 160 Å². The topological polar surface area (TPSA) is 67.7 Å². The summed E-state index contributed by atoms with van der Waals surface area (Å²) in [6.45, 7) is 6.81. The molecule has 0 amide bonds. The zero-order valence-electron chi connectivity index (χ0n) is 15.3. The van der Waals surface area contributed by atoms with Gasteiger partial charge in [0.15, 0.2) is 5.15 Å². The molecule has 1 aliphatic carbocycles. The molecule has 1 aromatic heterocycles. The molecule has 6 nitrogen and oxygen atoms in total. The van der Waals surface area contributed by atoms with Crippen LogP contribution in [0.4, 0.5) is 13.2 Å². The van der Waals surface area contributed by atoms with E-state index in [-0.39, 0.29) is 23.1 Å². The molecule has 0 aromatic carbocycles. The van der Waals surface area contributed by atoms with Gasteiger partial charge in [0.1, 0.15) is 11.7 Å². The van der Waals surface area contributed by atoms with Gasteiger partial charge in [0.05, 0.1) is 5.60 Å². The zero-order valence-corrected chi connectivity index (χ0v) is 16.1. The van der Waals surface area contributed by atoms with E-state index in [1.54, 1.807) is 0 Å². The summed E-state index contributed by atoms with van der Waals surface area (Å²) in [7, 11) is 0. The normalized spacial score (nSPS) is 27.6. The van der Waals surface area contributed by atoms with E-state index < -0.39 is 29.6 Å². The number of alkyl halides is 3. The number of rotatable bonds is 4. The molecule has 1 saturated carbocycles. The Hall–Kier alpha value is -1.16. The van der Waals surface area contributed by atoms with Crippen molar-refractivity contribution in [2.24, 2.45) is 11.8 Å². The summed E-state index contributed by atoms with van der Waals surface area (Å²) in [6, 6.07) is 0.724. The molecule has 2 fully saturated rings. The lowest BCUT2D eigenvalue weighted by Crippen LogP contribution is -2.41. The SMILES string of the molecule is CC(C)(C)OC(O)N1C[C@H]2C[C@H](Oc3nnc(Cl)cc3C(F)(F)F)C[C@H]2C1. The van der Waals surface area contributed by atoms with E-state index in [0.29, 0.717) is 25.9 Å². The van der Waals surface area contributed by atoms with Crippen LogP contribution in [0.15, 0.2) is 6.07 Å². The van der Waals surface area contributed by atoms with E-state index in [1.165, 1.54) is 0 Å². The molecule has 152 valence electrons. The number of likely N-dealkylation sites (tertiary alicyclic amines) is 1. The number of aliphatic hydroxyl groups excluding tert-OH is 1. The molecule has 1 aliphatic heterocycles. The maximum absolute atomic E-state index is 13.2. The predicted molar refractivity (Wildman–Crippen MR) is 91.1 cm³/mol. The standard InChI is InChI=1S/C17H23ClF3N3O3/c1-16(2,3)27-15(25)24-7-9-4-11(5-10(9)8-24)26-14-12(17(19,20)21)6-13(18)22-23-14/h6,9-11,15,25H,4-5,7-8H2,1-3H3/t9-,10+,11+,15?. The fourth-order valence-electron chi connectivity index (χ4n) is 3.75. The van der Waals surface area contributed by atoms with Gasteiger partial charge >= 0.3 is 6.18 Å². The first-order valence-corrected chi connectivity index (χ1v) is 9.17. The Morgan fingerprint density at radius 2 is 1.78 bits per heavy atom. The number of aromatic nitrogens is 2. The van der Waals surface area contributed by atoms with Crippen LogP contribution in [0.1, 0.15) is 39.2 Å². The first-order valence-electron chi connectivity index (χ1n) is 8.79. The average Bonchev–Trinajstić information content (AvgIpc) is 3.04. The van der Waals surface area contributed by atoms with Gasteiger partial charge in [-0.3, -0.25) is 4.90 Å². The summed E-state index contributed by atoms with van der Waals surface area (Å²) in [4.78, 5) is 1.85. The average molecular weight is 410 g/mol.